The second kappa shape index (κ2) is 9.22. The van der Waals surface area contributed by atoms with Crippen molar-refractivity contribution in [3.63, 3.8) is 0 Å². The summed E-state index contributed by atoms with van der Waals surface area (Å²) < 4.78 is 0.943. The van der Waals surface area contributed by atoms with Crippen LogP contribution in [0.2, 0.25) is 0 Å². The van der Waals surface area contributed by atoms with Crippen LogP contribution in [0.4, 0.5) is 5.69 Å². The fourth-order valence-corrected chi connectivity index (χ4v) is 4.99. The molecule has 1 aliphatic heterocycles. The number of hydrogen-bond donors (Lipinski definition) is 0. The Hall–Kier alpha value is -3.18. The number of pyridine rings is 1. The van der Waals surface area contributed by atoms with E-state index in [9.17, 15) is 4.79 Å². The first kappa shape index (κ1) is 22.6. The fourth-order valence-electron chi connectivity index (χ4n) is 4.63. The average molecular weight is 514 g/mol. The van der Waals surface area contributed by atoms with E-state index in [0.29, 0.717) is 18.7 Å². The van der Waals surface area contributed by atoms with Crippen LogP contribution in [0.25, 0.3) is 22.2 Å². The molecule has 1 fully saturated rings. The molecule has 0 unspecified atom stereocenters. The van der Waals surface area contributed by atoms with Gasteiger partial charge in [0, 0.05) is 47.3 Å². The highest BCUT2D eigenvalue weighted by Gasteiger charge is 2.25. The molecule has 34 heavy (non-hydrogen) atoms. The lowest BCUT2D eigenvalue weighted by atomic mass is 10.0. The molecule has 0 N–H and O–H groups in total. The third kappa shape index (κ3) is 4.45. The van der Waals surface area contributed by atoms with Crippen LogP contribution in [0.15, 0.2) is 71.2 Å². The smallest absolute Gasteiger partial charge is 0.254 e. The minimum atomic E-state index is 0.0690. The van der Waals surface area contributed by atoms with Crippen LogP contribution in [0.3, 0.4) is 0 Å². The second-order valence-electron chi connectivity index (χ2n) is 9.15. The molecule has 0 saturated carbocycles. The van der Waals surface area contributed by atoms with Crippen LogP contribution in [0.1, 0.15) is 27.0 Å². The summed E-state index contributed by atoms with van der Waals surface area (Å²) in [5, 5.41) is 0.882. The molecule has 0 bridgehead atoms. The summed E-state index contributed by atoms with van der Waals surface area (Å²) in [6, 6.07) is 22.8. The predicted molar refractivity (Wildman–Crippen MR) is 144 cm³/mol. The monoisotopic (exact) mass is 513 g/mol. The average Bonchev–Trinajstić information content (AvgIpc) is 2.85. The summed E-state index contributed by atoms with van der Waals surface area (Å²) in [6.07, 6.45) is 0. The number of fused-ring (bicyclic) bond motifs is 1. The predicted octanol–water partition coefficient (Wildman–Crippen LogP) is 6.55. The molecule has 4 nitrogen and oxygen atoms in total. The molecule has 5 rings (SSSR count). The van der Waals surface area contributed by atoms with Gasteiger partial charge in [-0.25, -0.2) is 4.98 Å². The van der Waals surface area contributed by atoms with Gasteiger partial charge < -0.3 is 9.80 Å². The quantitative estimate of drug-likeness (QED) is 0.311. The van der Waals surface area contributed by atoms with E-state index < -0.39 is 0 Å². The Kier molecular flexibility index (Phi) is 6.13. The van der Waals surface area contributed by atoms with Crippen LogP contribution in [0.5, 0.6) is 0 Å². The number of aromatic nitrogens is 1. The number of carbonyl (C=O) groups excluding carboxylic acids is 1. The standard InChI is InChI=1S/C29H28BrN3O/c1-19-5-8-22(9-6-19)27-18-25(24-17-23(30)10-11-26(24)31-27)29(34)33-14-12-32(13-15-33)28-16-20(2)4-7-21(28)3/h4-11,16-18H,12-15H2,1-3H3. The molecular weight excluding hydrogens is 486 g/mol. The van der Waals surface area contributed by atoms with Crippen LogP contribution in [-0.2, 0) is 0 Å². The van der Waals surface area contributed by atoms with Crippen molar-refractivity contribution in [3.8, 4) is 11.3 Å². The van der Waals surface area contributed by atoms with E-state index in [1.165, 1.54) is 22.4 Å². The lowest BCUT2D eigenvalue weighted by Gasteiger charge is -2.37. The number of carbonyl (C=O) groups is 1. The van der Waals surface area contributed by atoms with Gasteiger partial charge in [0.25, 0.3) is 5.91 Å². The van der Waals surface area contributed by atoms with E-state index in [1.54, 1.807) is 0 Å². The van der Waals surface area contributed by atoms with Crippen molar-refractivity contribution in [3.05, 3.63) is 93.5 Å². The zero-order chi connectivity index (χ0) is 23.8. The van der Waals surface area contributed by atoms with Gasteiger partial charge in [-0.1, -0.05) is 57.9 Å². The van der Waals surface area contributed by atoms with E-state index in [2.05, 4.69) is 84.1 Å². The first-order valence-electron chi connectivity index (χ1n) is 11.7. The summed E-state index contributed by atoms with van der Waals surface area (Å²) in [6.45, 7) is 9.40. The summed E-state index contributed by atoms with van der Waals surface area (Å²) in [5.74, 6) is 0.0690. The van der Waals surface area contributed by atoms with Gasteiger partial charge in [0.2, 0.25) is 0 Å². The maximum atomic E-state index is 13.8. The van der Waals surface area contributed by atoms with Gasteiger partial charge in [-0.2, -0.15) is 0 Å². The first-order chi connectivity index (χ1) is 16.4. The Balaban J connectivity index is 1.46. The number of nitrogens with zero attached hydrogens (tertiary/aromatic N) is 3. The Bertz CT molecular complexity index is 1370. The fraction of sp³-hybridized carbons (Fsp3) is 0.241. The van der Waals surface area contributed by atoms with E-state index in [0.717, 1.165) is 39.7 Å². The van der Waals surface area contributed by atoms with Crippen molar-refractivity contribution in [2.75, 3.05) is 31.1 Å². The zero-order valence-corrected chi connectivity index (χ0v) is 21.4. The van der Waals surface area contributed by atoms with E-state index >= 15 is 0 Å². The highest BCUT2D eigenvalue weighted by Crippen LogP contribution is 2.29. The topological polar surface area (TPSA) is 36.4 Å². The van der Waals surface area contributed by atoms with E-state index in [4.69, 9.17) is 4.98 Å². The zero-order valence-electron chi connectivity index (χ0n) is 19.8. The van der Waals surface area contributed by atoms with Crippen molar-refractivity contribution in [1.29, 1.82) is 0 Å². The Labute approximate surface area is 209 Å². The highest BCUT2D eigenvalue weighted by atomic mass is 79.9. The third-order valence-electron chi connectivity index (χ3n) is 6.62. The number of amides is 1. The lowest BCUT2D eigenvalue weighted by Crippen LogP contribution is -2.49. The molecule has 1 saturated heterocycles. The summed E-state index contributed by atoms with van der Waals surface area (Å²) in [7, 11) is 0. The normalized spacial score (nSPS) is 14.0. The summed E-state index contributed by atoms with van der Waals surface area (Å²) in [5.41, 5.74) is 8.39. The molecule has 0 radical (unpaired) electrons. The van der Waals surface area contributed by atoms with Gasteiger partial charge in [0.05, 0.1) is 16.8 Å². The Morgan fingerprint density at radius 1 is 0.824 bits per heavy atom. The molecule has 4 aromatic rings. The Morgan fingerprint density at radius 2 is 1.53 bits per heavy atom. The van der Waals surface area contributed by atoms with Gasteiger partial charge in [-0.05, 0) is 62.2 Å². The third-order valence-corrected chi connectivity index (χ3v) is 7.11. The molecule has 0 spiro atoms. The summed E-state index contributed by atoms with van der Waals surface area (Å²) >= 11 is 3.57. The van der Waals surface area contributed by atoms with Crippen LogP contribution < -0.4 is 4.90 Å². The van der Waals surface area contributed by atoms with Crippen molar-refractivity contribution in [2.24, 2.45) is 0 Å². The van der Waals surface area contributed by atoms with Crippen LogP contribution in [0, 0.1) is 20.8 Å². The number of anilines is 1. The minimum absolute atomic E-state index is 0.0690. The highest BCUT2D eigenvalue weighted by molar-refractivity contribution is 9.10. The van der Waals surface area contributed by atoms with Crippen LogP contribution in [-0.4, -0.2) is 42.0 Å². The molecule has 1 amide bonds. The molecule has 2 heterocycles. The Morgan fingerprint density at radius 3 is 2.26 bits per heavy atom. The first-order valence-corrected chi connectivity index (χ1v) is 12.5. The number of halogens is 1. The van der Waals surface area contributed by atoms with Crippen molar-refractivity contribution in [2.45, 2.75) is 20.8 Å². The van der Waals surface area contributed by atoms with Gasteiger partial charge in [-0.15, -0.1) is 0 Å². The molecule has 5 heteroatoms. The number of benzene rings is 3. The SMILES string of the molecule is Cc1ccc(-c2cc(C(=O)N3CCN(c4cc(C)ccc4C)CC3)c3cc(Br)ccc3n2)cc1. The van der Waals surface area contributed by atoms with Crippen molar-refractivity contribution >= 4 is 38.4 Å². The van der Waals surface area contributed by atoms with Crippen molar-refractivity contribution < 1.29 is 4.79 Å². The molecule has 1 aliphatic rings. The second-order valence-corrected chi connectivity index (χ2v) is 10.1. The molecule has 0 atom stereocenters. The molecule has 3 aromatic carbocycles. The van der Waals surface area contributed by atoms with E-state index in [-0.39, 0.29) is 5.91 Å². The number of hydrogen-bond acceptors (Lipinski definition) is 3. The molecule has 1 aromatic heterocycles. The lowest BCUT2D eigenvalue weighted by molar-refractivity contribution is 0.0748. The number of piperazine rings is 1. The maximum Gasteiger partial charge on any atom is 0.254 e. The summed E-state index contributed by atoms with van der Waals surface area (Å²) in [4.78, 5) is 23.0. The van der Waals surface area contributed by atoms with Gasteiger partial charge in [-0.3, -0.25) is 4.79 Å². The van der Waals surface area contributed by atoms with Crippen molar-refractivity contribution in [1.82, 2.24) is 9.88 Å². The largest absolute Gasteiger partial charge is 0.368 e. The maximum absolute atomic E-state index is 13.8. The molecular formula is C29H28BrN3O. The van der Waals surface area contributed by atoms with Gasteiger partial charge >= 0.3 is 0 Å². The minimum Gasteiger partial charge on any atom is -0.368 e. The van der Waals surface area contributed by atoms with Crippen LogP contribution >= 0.6 is 15.9 Å². The molecule has 0 aliphatic carbocycles. The molecule has 172 valence electrons. The number of aryl methyl sites for hydroxylation is 3. The number of rotatable bonds is 3. The van der Waals surface area contributed by atoms with E-state index in [1.807, 2.05) is 29.2 Å². The van der Waals surface area contributed by atoms with Gasteiger partial charge in [0.1, 0.15) is 0 Å². The van der Waals surface area contributed by atoms with Gasteiger partial charge in [0.15, 0.2) is 0 Å².